The number of hydrogen-bond acceptors (Lipinski definition) is 7. The summed E-state index contributed by atoms with van der Waals surface area (Å²) in [7, 11) is 0. The maximum Gasteiger partial charge on any atom is 0.161 e. The van der Waals surface area contributed by atoms with Gasteiger partial charge < -0.3 is 19.9 Å². The Hall–Kier alpha value is -2.97. The lowest BCUT2D eigenvalue weighted by molar-refractivity contribution is 0.0357. The van der Waals surface area contributed by atoms with Crippen molar-refractivity contribution in [2.24, 2.45) is 0 Å². The molecule has 2 N–H and O–H groups in total. The van der Waals surface area contributed by atoms with Gasteiger partial charge in [-0.25, -0.2) is 14.4 Å². The van der Waals surface area contributed by atoms with Crippen LogP contribution in [0, 0.1) is 12.7 Å². The van der Waals surface area contributed by atoms with E-state index >= 15 is 0 Å². The molecule has 0 radical (unpaired) electrons. The molecule has 158 valence electrons. The molecule has 1 fully saturated rings. The second kappa shape index (κ2) is 9.23. The van der Waals surface area contributed by atoms with E-state index in [2.05, 4.69) is 20.2 Å². The summed E-state index contributed by atoms with van der Waals surface area (Å²) in [6.45, 7) is 6.55. The van der Waals surface area contributed by atoms with Gasteiger partial charge in [0.1, 0.15) is 18.0 Å². The number of aryl methyl sites for hydroxylation is 1. The lowest BCUT2D eigenvalue weighted by atomic mass is 10.2. The Morgan fingerprint density at radius 1 is 1.20 bits per heavy atom. The van der Waals surface area contributed by atoms with E-state index in [4.69, 9.17) is 9.47 Å². The van der Waals surface area contributed by atoms with Crippen molar-refractivity contribution in [1.29, 1.82) is 0 Å². The molecule has 2 aromatic carbocycles. The highest BCUT2D eigenvalue weighted by molar-refractivity contribution is 5.92. The molecular formula is C22H25FN4O3. The molecule has 7 nitrogen and oxygen atoms in total. The first-order valence-electron chi connectivity index (χ1n) is 10.0. The summed E-state index contributed by atoms with van der Waals surface area (Å²) in [6.07, 6.45) is 2.27. The van der Waals surface area contributed by atoms with Gasteiger partial charge in [-0.3, -0.25) is 4.90 Å². The Labute approximate surface area is 174 Å². The second-order valence-electron chi connectivity index (χ2n) is 7.30. The van der Waals surface area contributed by atoms with Gasteiger partial charge in [0, 0.05) is 36.8 Å². The van der Waals surface area contributed by atoms with Gasteiger partial charge in [-0.1, -0.05) is 0 Å². The predicted octanol–water partition coefficient (Wildman–Crippen LogP) is 3.63. The summed E-state index contributed by atoms with van der Waals surface area (Å²) in [4.78, 5) is 10.9. The predicted molar refractivity (Wildman–Crippen MR) is 113 cm³/mol. The van der Waals surface area contributed by atoms with E-state index in [1.165, 1.54) is 12.4 Å². The largest absolute Gasteiger partial charge is 0.504 e. The third-order valence-corrected chi connectivity index (χ3v) is 5.12. The van der Waals surface area contributed by atoms with E-state index in [1.807, 2.05) is 0 Å². The Morgan fingerprint density at radius 2 is 2.03 bits per heavy atom. The number of phenolic OH excluding ortho intramolecular Hbond substituents is 1. The van der Waals surface area contributed by atoms with Crippen LogP contribution in [0.2, 0.25) is 0 Å². The Morgan fingerprint density at radius 3 is 2.83 bits per heavy atom. The number of morpholine rings is 1. The van der Waals surface area contributed by atoms with Crippen molar-refractivity contribution in [3.05, 3.63) is 48.0 Å². The maximum atomic E-state index is 13.5. The highest BCUT2D eigenvalue weighted by Gasteiger charge is 2.13. The molecule has 0 spiro atoms. The number of hydrogen-bond donors (Lipinski definition) is 2. The van der Waals surface area contributed by atoms with Gasteiger partial charge in [0.2, 0.25) is 0 Å². The van der Waals surface area contributed by atoms with E-state index in [0.717, 1.165) is 45.0 Å². The summed E-state index contributed by atoms with van der Waals surface area (Å²) >= 11 is 0. The molecule has 1 aromatic heterocycles. The number of benzene rings is 2. The quantitative estimate of drug-likeness (QED) is 0.574. The van der Waals surface area contributed by atoms with E-state index in [9.17, 15) is 9.50 Å². The van der Waals surface area contributed by atoms with Crippen LogP contribution < -0.4 is 10.1 Å². The number of nitrogens with zero attached hydrogens (tertiary/aromatic N) is 3. The molecule has 2 heterocycles. The van der Waals surface area contributed by atoms with Crippen LogP contribution in [-0.4, -0.2) is 59.4 Å². The molecule has 0 unspecified atom stereocenters. The summed E-state index contributed by atoms with van der Waals surface area (Å²) in [6, 6.07) is 8.08. The number of aromatic nitrogens is 2. The van der Waals surface area contributed by atoms with Crippen molar-refractivity contribution < 1.29 is 19.0 Å². The first-order valence-corrected chi connectivity index (χ1v) is 10.0. The fourth-order valence-electron chi connectivity index (χ4n) is 3.44. The van der Waals surface area contributed by atoms with Crippen molar-refractivity contribution in [3.63, 3.8) is 0 Å². The van der Waals surface area contributed by atoms with Crippen LogP contribution >= 0.6 is 0 Å². The molecule has 0 atom stereocenters. The Balaban J connectivity index is 1.48. The molecule has 30 heavy (non-hydrogen) atoms. The lowest BCUT2D eigenvalue weighted by Gasteiger charge is -2.26. The number of halogens is 1. The zero-order chi connectivity index (χ0) is 20.9. The molecule has 8 heteroatoms. The number of fused-ring (bicyclic) bond motifs is 1. The summed E-state index contributed by atoms with van der Waals surface area (Å²) in [5.74, 6) is 0.726. The summed E-state index contributed by atoms with van der Waals surface area (Å²) in [5.41, 5.74) is 1.85. The highest BCUT2D eigenvalue weighted by Crippen LogP contribution is 2.34. The topological polar surface area (TPSA) is 79.7 Å². The Kier molecular flexibility index (Phi) is 6.25. The number of rotatable bonds is 7. The fourth-order valence-corrected chi connectivity index (χ4v) is 3.44. The highest BCUT2D eigenvalue weighted by atomic mass is 19.1. The van der Waals surface area contributed by atoms with E-state index in [-0.39, 0.29) is 11.6 Å². The molecule has 0 bridgehead atoms. The molecule has 1 aliphatic rings. The third-order valence-electron chi connectivity index (χ3n) is 5.12. The van der Waals surface area contributed by atoms with Crippen LogP contribution in [-0.2, 0) is 4.74 Å². The number of anilines is 2. The molecule has 1 aliphatic heterocycles. The molecule has 0 amide bonds. The van der Waals surface area contributed by atoms with E-state index in [0.29, 0.717) is 34.6 Å². The van der Waals surface area contributed by atoms with Gasteiger partial charge in [-0.2, -0.15) is 0 Å². The van der Waals surface area contributed by atoms with Crippen molar-refractivity contribution in [2.75, 3.05) is 44.8 Å². The normalized spacial score (nSPS) is 14.7. The minimum Gasteiger partial charge on any atom is -0.504 e. The number of phenols is 1. The van der Waals surface area contributed by atoms with Crippen LogP contribution in [0.25, 0.3) is 10.9 Å². The van der Waals surface area contributed by atoms with Crippen LogP contribution in [0.4, 0.5) is 15.9 Å². The van der Waals surface area contributed by atoms with Crippen molar-refractivity contribution in [2.45, 2.75) is 13.3 Å². The van der Waals surface area contributed by atoms with Gasteiger partial charge in [-0.15, -0.1) is 0 Å². The Bertz CT molecular complexity index is 1020. The number of aromatic hydroxyl groups is 1. The van der Waals surface area contributed by atoms with E-state index in [1.54, 1.807) is 31.2 Å². The maximum absolute atomic E-state index is 13.5. The van der Waals surface area contributed by atoms with Gasteiger partial charge >= 0.3 is 0 Å². The minimum atomic E-state index is -0.259. The third kappa shape index (κ3) is 4.77. The molecular weight excluding hydrogens is 387 g/mol. The first kappa shape index (κ1) is 20.3. The van der Waals surface area contributed by atoms with Crippen LogP contribution in [0.3, 0.4) is 0 Å². The molecule has 4 rings (SSSR count). The van der Waals surface area contributed by atoms with Crippen LogP contribution in [0.5, 0.6) is 11.5 Å². The monoisotopic (exact) mass is 412 g/mol. The lowest BCUT2D eigenvalue weighted by Crippen LogP contribution is -2.37. The van der Waals surface area contributed by atoms with E-state index < -0.39 is 0 Å². The smallest absolute Gasteiger partial charge is 0.161 e. The van der Waals surface area contributed by atoms with Crippen molar-refractivity contribution in [3.8, 4) is 11.5 Å². The molecule has 3 aromatic rings. The zero-order valence-corrected chi connectivity index (χ0v) is 16.9. The standard InChI is InChI=1S/C22H25FN4O3/c1-15-11-16(3-4-18(15)23)26-22-17-12-21(20(28)13-19(17)24-14-25-22)30-8-2-5-27-6-9-29-10-7-27/h3-4,11-14,28H,2,5-10H2,1H3,(H,24,25,26). The summed E-state index contributed by atoms with van der Waals surface area (Å²) < 4.78 is 24.7. The SMILES string of the molecule is Cc1cc(Nc2ncnc3cc(O)c(OCCCN4CCOCC4)cc23)ccc1F. The number of ether oxygens (including phenoxy) is 2. The molecule has 0 saturated carbocycles. The average Bonchev–Trinajstić information content (AvgIpc) is 2.75. The van der Waals surface area contributed by atoms with Gasteiger partial charge in [0.05, 0.1) is 25.3 Å². The number of nitrogens with one attached hydrogen (secondary N) is 1. The molecule has 0 aliphatic carbocycles. The van der Waals surface area contributed by atoms with Crippen LogP contribution in [0.1, 0.15) is 12.0 Å². The van der Waals surface area contributed by atoms with Gasteiger partial charge in [-0.05, 0) is 43.2 Å². The summed E-state index contributed by atoms with van der Waals surface area (Å²) in [5, 5.41) is 14.2. The second-order valence-corrected chi connectivity index (χ2v) is 7.30. The van der Waals surface area contributed by atoms with Crippen molar-refractivity contribution in [1.82, 2.24) is 14.9 Å². The zero-order valence-electron chi connectivity index (χ0n) is 16.9. The van der Waals surface area contributed by atoms with Gasteiger partial charge in [0.15, 0.2) is 11.5 Å². The van der Waals surface area contributed by atoms with Gasteiger partial charge in [0.25, 0.3) is 0 Å². The minimum absolute atomic E-state index is 0.0381. The van der Waals surface area contributed by atoms with Crippen molar-refractivity contribution >= 4 is 22.4 Å². The first-order chi connectivity index (χ1) is 14.6. The average molecular weight is 412 g/mol. The molecule has 1 saturated heterocycles. The fraction of sp³-hybridized carbons (Fsp3) is 0.364. The van der Waals surface area contributed by atoms with Crippen LogP contribution in [0.15, 0.2) is 36.7 Å².